The molecule has 0 bridgehead atoms. The van der Waals surface area contributed by atoms with Crippen LogP contribution in [0.4, 0.5) is 0 Å². The van der Waals surface area contributed by atoms with Crippen molar-refractivity contribution in [2.24, 2.45) is 0 Å². The van der Waals surface area contributed by atoms with Gasteiger partial charge in [-0.05, 0) is 24.6 Å². The number of halogens is 1. The predicted octanol–water partition coefficient (Wildman–Crippen LogP) is 2.33. The third kappa shape index (κ3) is 1.75. The fraction of sp³-hybridized carbons (Fsp3) is 0.364. The lowest BCUT2D eigenvalue weighted by atomic mass is 9.93. The van der Waals surface area contributed by atoms with Gasteiger partial charge in [0.05, 0.1) is 0 Å². The van der Waals surface area contributed by atoms with Crippen LogP contribution in [0, 0.1) is 0 Å². The van der Waals surface area contributed by atoms with Crippen LogP contribution in [0.15, 0.2) is 24.3 Å². The lowest BCUT2D eigenvalue weighted by Crippen LogP contribution is -2.24. The molecule has 0 radical (unpaired) electrons. The molecule has 74 valence electrons. The fourth-order valence-corrected chi connectivity index (χ4v) is 2.03. The molecule has 0 saturated carbocycles. The Bertz CT molecular complexity index is 347. The quantitative estimate of drug-likeness (QED) is 0.756. The second-order valence-corrected chi connectivity index (χ2v) is 4.15. The molecule has 0 aromatic heterocycles. The molecule has 1 aromatic carbocycles. The van der Waals surface area contributed by atoms with Crippen molar-refractivity contribution in [3.05, 3.63) is 34.9 Å². The van der Waals surface area contributed by atoms with E-state index in [9.17, 15) is 4.79 Å². The van der Waals surface area contributed by atoms with Gasteiger partial charge in [-0.15, -0.1) is 0 Å². The molecule has 1 N–H and O–H groups in total. The summed E-state index contributed by atoms with van der Waals surface area (Å²) in [6.45, 7) is 2.03. The molecule has 0 spiro atoms. The number of rotatable bonds is 1. The van der Waals surface area contributed by atoms with Crippen molar-refractivity contribution >= 4 is 17.5 Å². The van der Waals surface area contributed by atoms with E-state index in [1.165, 1.54) is 5.56 Å². The lowest BCUT2D eigenvalue weighted by molar-refractivity contribution is -0.119. The summed E-state index contributed by atoms with van der Waals surface area (Å²) in [5.41, 5.74) is 1.18. The van der Waals surface area contributed by atoms with E-state index >= 15 is 0 Å². The predicted molar refractivity (Wildman–Crippen MR) is 56.4 cm³/mol. The van der Waals surface area contributed by atoms with Crippen LogP contribution in [0.5, 0.6) is 0 Å². The first-order chi connectivity index (χ1) is 6.66. The molecule has 1 aliphatic heterocycles. The van der Waals surface area contributed by atoms with Crippen molar-refractivity contribution in [3.63, 3.8) is 0 Å². The monoisotopic (exact) mass is 209 g/mol. The highest BCUT2D eigenvalue weighted by Crippen LogP contribution is 2.28. The van der Waals surface area contributed by atoms with E-state index < -0.39 is 0 Å². The van der Waals surface area contributed by atoms with Crippen LogP contribution in [-0.4, -0.2) is 11.9 Å². The number of hydrogen-bond donors (Lipinski definition) is 1. The van der Waals surface area contributed by atoms with Gasteiger partial charge in [0, 0.05) is 23.4 Å². The summed E-state index contributed by atoms with van der Waals surface area (Å²) >= 11 is 5.80. The summed E-state index contributed by atoms with van der Waals surface area (Å²) in [5.74, 6) is 0.428. The molecular weight excluding hydrogens is 198 g/mol. The highest BCUT2D eigenvalue weighted by molar-refractivity contribution is 6.30. The van der Waals surface area contributed by atoms with E-state index in [1.54, 1.807) is 0 Å². The van der Waals surface area contributed by atoms with Crippen molar-refractivity contribution in [3.8, 4) is 0 Å². The van der Waals surface area contributed by atoms with Crippen LogP contribution < -0.4 is 5.32 Å². The maximum Gasteiger partial charge on any atom is 0.220 e. The zero-order chi connectivity index (χ0) is 10.1. The van der Waals surface area contributed by atoms with E-state index in [4.69, 9.17) is 11.6 Å². The summed E-state index contributed by atoms with van der Waals surface area (Å²) in [6.07, 6.45) is 0.586. The Morgan fingerprint density at radius 1 is 1.36 bits per heavy atom. The van der Waals surface area contributed by atoms with E-state index in [0.717, 1.165) is 5.02 Å². The van der Waals surface area contributed by atoms with Gasteiger partial charge in [-0.25, -0.2) is 0 Å². The Morgan fingerprint density at radius 3 is 2.50 bits per heavy atom. The molecule has 0 aliphatic carbocycles. The molecule has 1 fully saturated rings. The number of carbonyl (C=O) groups is 1. The molecular formula is C11H12ClNO. The van der Waals surface area contributed by atoms with E-state index in [0.29, 0.717) is 12.3 Å². The molecule has 1 saturated heterocycles. The van der Waals surface area contributed by atoms with Gasteiger partial charge in [0.15, 0.2) is 0 Å². The van der Waals surface area contributed by atoms with Crippen LogP contribution in [0.3, 0.4) is 0 Å². The second kappa shape index (κ2) is 3.62. The first-order valence-electron chi connectivity index (χ1n) is 4.71. The Kier molecular flexibility index (Phi) is 2.46. The molecule has 1 heterocycles. The molecule has 1 amide bonds. The number of nitrogens with one attached hydrogen (secondary N) is 1. The summed E-state index contributed by atoms with van der Waals surface area (Å²) in [6, 6.07) is 7.94. The van der Waals surface area contributed by atoms with Gasteiger partial charge in [0.2, 0.25) is 5.91 Å². The largest absolute Gasteiger partial charge is 0.353 e. The summed E-state index contributed by atoms with van der Waals surface area (Å²) in [5, 5.41) is 3.64. The highest BCUT2D eigenvalue weighted by atomic mass is 35.5. The molecule has 1 aromatic rings. The number of amides is 1. The normalized spacial score (nSPS) is 26.3. The summed E-state index contributed by atoms with van der Waals surface area (Å²) < 4.78 is 0. The van der Waals surface area contributed by atoms with Crippen LogP contribution >= 0.6 is 11.6 Å². The van der Waals surface area contributed by atoms with Gasteiger partial charge in [-0.2, -0.15) is 0 Å². The molecule has 1 aliphatic rings. The van der Waals surface area contributed by atoms with Crippen molar-refractivity contribution < 1.29 is 4.79 Å². The summed E-state index contributed by atoms with van der Waals surface area (Å²) in [4.78, 5) is 11.2. The Morgan fingerprint density at radius 2 is 2.00 bits per heavy atom. The summed E-state index contributed by atoms with van der Waals surface area (Å²) in [7, 11) is 0. The van der Waals surface area contributed by atoms with Gasteiger partial charge in [0.1, 0.15) is 0 Å². The number of carbonyl (C=O) groups excluding carboxylic acids is 1. The molecule has 3 heteroatoms. The molecule has 14 heavy (non-hydrogen) atoms. The molecule has 2 unspecified atom stereocenters. The topological polar surface area (TPSA) is 29.1 Å². The fourth-order valence-electron chi connectivity index (χ4n) is 1.91. The van der Waals surface area contributed by atoms with Crippen molar-refractivity contribution in [1.29, 1.82) is 0 Å². The minimum atomic E-state index is 0.137. The van der Waals surface area contributed by atoms with Crippen LogP contribution in [0.2, 0.25) is 5.02 Å². The van der Waals surface area contributed by atoms with Crippen molar-refractivity contribution in [2.45, 2.75) is 25.3 Å². The van der Waals surface area contributed by atoms with E-state index in [2.05, 4.69) is 5.32 Å². The van der Waals surface area contributed by atoms with Crippen molar-refractivity contribution in [2.75, 3.05) is 0 Å². The third-order valence-electron chi connectivity index (χ3n) is 2.70. The third-order valence-corrected chi connectivity index (χ3v) is 2.95. The van der Waals surface area contributed by atoms with Gasteiger partial charge in [-0.1, -0.05) is 23.7 Å². The minimum Gasteiger partial charge on any atom is -0.353 e. The zero-order valence-electron chi connectivity index (χ0n) is 7.96. The van der Waals surface area contributed by atoms with Gasteiger partial charge in [-0.3, -0.25) is 4.79 Å². The average molecular weight is 210 g/mol. The van der Waals surface area contributed by atoms with Gasteiger partial charge < -0.3 is 5.32 Å². The Balaban J connectivity index is 2.23. The number of hydrogen-bond acceptors (Lipinski definition) is 1. The SMILES string of the molecule is CC1NC(=O)CC1c1ccc(Cl)cc1. The van der Waals surface area contributed by atoms with Crippen LogP contribution in [0.1, 0.15) is 24.8 Å². The second-order valence-electron chi connectivity index (χ2n) is 3.72. The van der Waals surface area contributed by atoms with Gasteiger partial charge in [0.25, 0.3) is 0 Å². The number of benzene rings is 1. The minimum absolute atomic E-state index is 0.137. The van der Waals surface area contributed by atoms with Crippen molar-refractivity contribution in [1.82, 2.24) is 5.32 Å². The van der Waals surface area contributed by atoms with E-state index in [-0.39, 0.29) is 11.9 Å². The molecule has 2 atom stereocenters. The highest BCUT2D eigenvalue weighted by Gasteiger charge is 2.29. The molecule has 2 rings (SSSR count). The first-order valence-corrected chi connectivity index (χ1v) is 5.09. The van der Waals surface area contributed by atoms with Crippen LogP contribution in [-0.2, 0) is 4.79 Å². The standard InChI is InChI=1S/C11H12ClNO/c1-7-10(6-11(14)13-7)8-2-4-9(12)5-3-8/h2-5,7,10H,6H2,1H3,(H,13,14). The Labute approximate surface area is 88.3 Å². The maximum atomic E-state index is 11.2. The maximum absolute atomic E-state index is 11.2. The van der Waals surface area contributed by atoms with E-state index in [1.807, 2.05) is 31.2 Å². The average Bonchev–Trinajstić information content (AvgIpc) is 2.47. The van der Waals surface area contributed by atoms with Gasteiger partial charge >= 0.3 is 0 Å². The van der Waals surface area contributed by atoms with Crippen LogP contribution in [0.25, 0.3) is 0 Å². The smallest absolute Gasteiger partial charge is 0.220 e. The lowest BCUT2D eigenvalue weighted by Gasteiger charge is -2.14. The first kappa shape index (κ1) is 9.53. The zero-order valence-corrected chi connectivity index (χ0v) is 8.71. The Hall–Kier alpha value is -1.02. The molecule has 2 nitrogen and oxygen atoms in total.